The molecule has 0 spiro atoms. The molecule has 5 aromatic carbocycles. The zero-order chi connectivity index (χ0) is 107. The Morgan fingerprint density at radius 1 is 0.466 bits per heavy atom. The highest BCUT2D eigenvalue weighted by Gasteiger charge is 2.42. The van der Waals surface area contributed by atoms with Gasteiger partial charge in [-0.3, -0.25) is 87.5 Å². The van der Waals surface area contributed by atoms with Gasteiger partial charge in [0.05, 0.1) is 24.7 Å². The molecule has 1 aliphatic rings. The van der Waals surface area contributed by atoms with Crippen LogP contribution in [0.5, 0.6) is 11.5 Å². The van der Waals surface area contributed by atoms with E-state index < -0.39 is 227 Å². The molecule has 13 unspecified atom stereocenters. The predicted octanol–water partition coefficient (Wildman–Crippen LogP) is -3.17. The van der Waals surface area contributed by atoms with E-state index in [2.05, 4.69) is 100 Å². The smallest absolute Gasteiger partial charge is 0.245 e. The summed E-state index contributed by atoms with van der Waals surface area (Å²) in [6, 6.07) is 13.6. The van der Waals surface area contributed by atoms with Gasteiger partial charge < -0.3 is 144 Å². The Hall–Kier alpha value is -15.3. The molecule has 7 aromatic rings. The van der Waals surface area contributed by atoms with Crippen molar-refractivity contribution < 1.29 is 92.0 Å². The molecule has 146 heavy (non-hydrogen) atoms. The molecule has 0 bridgehead atoms. The van der Waals surface area contributed by atoms with Gasteiger partial charge in [0.15, 0.2) is 11.9 Å². The van der Waals surface area contributed by atoms with Gasteiger partial charge in [-0.2, -0.15) is 0 Å². The maximum absolute atomic E-state index is 15.7. The SMILES string of the molecule is CC[C@H](C)C1NC(=O)C([C@@H](C)O)NC(=O)C(Cc2cncn2C)NC(=O)C(Cc2ccccc2)NC(=O)CSCC(C(=O)NCC(N)=O)NC(=O)C(Cc2ccc(O)cc2)NC(=O)C(Cc2c[nH]c3ccccc23)NC(=O)C(Cc2ccc(O)cc2)NC(=O)C(CCCCN)NC(=O)C(Cc2ccccc2)NC(=O)C(C)(C)NC(=O)C(CCCNC(=N)N)NC(=O)C(CCCCN)NC(=O)C(CCCNC(=N)N)NC1=O. The lowest BCUT2D eigenvalue weighted by molar-refractivity contribution is -0.138. The fourth-order valence-electron chi connectivity index (χ4n) is 15.9. The van der Waals surface area contributed by atoms with Gasteiger partial charge in [0.2, 0.25) is 94.5 Å². The Morgan fingerprint density at radius 2 is 0.856 bits per heavy atom. The number of aromatic nitrogens is 3. The second kappa shape index (κ2) is 58.5. The number of unbranched alkanes of at least 4 members (excludes halogenated alkanes) is 2. The quantitative estimate of drug-likeness (QED) is 0.0107. The lowest BCUT2D eigenvalue weighted by atomic mass is 9.96. The summed E-state index contributed by atoms with van der Waals surface area (Å²) in [4.78, 5) is 247. The van der Waals surface area contributed by atoms with Crippen LogP contribution in [0.2, 0.25) is 0 Å². The van der Waals surface area contributed by atoms with E-state index in [0.717, 1.165) is 11.8 Å². The molecule has 15 atom stereocenters. The van der Waals surface area contributed by atoms with E-state index in [4.69, 9.17) is 39.5 Å². The Balaban J connectivity index is 1.25. The number of thioether (sulfide) groups is 1. The van der Waals surface area contributed by atoms with Crippen molar-refractivity contribution in [1.29, 1.82) is 10.8 Å². The standard InChI is InChI=1S/C99H139N27O19S/c1-7-56(2)81-94(143)116-70(30-20-42-108-97(103)104)85(134)113-68(28-16-18-40-100)84(133)115-71(31-21-43-109-98(105)106)93(142)125-99(4,5)96(145)122-75(45-59-24-12-9-13-25-59)90(139)114-69(29-17-19-41-101)86(135)117-73(46-60-32-36-64(128)37-33-60)88(137)119-76(48-62-50-110-67-27-15-14-26-66(62)67)91(140)118-74(47-61-34-38-65(129)39-35-61)89(138)121-78(83(132)111-52-79(102)130)53-146-54-80(131)112-72(44-58-22-10-8-11-23-58)87(136)120-77(49-63-51-107-55-126(63)6)92(141)124-82(57(3)127)95(144)123-81/h8-15,22-27,32-39,50-51,55-57,68-78,81-82,110,127-129H,7,16-21,28-31,40-49,52-54,100-101H2,1-6H3,(H2,102,130)(H,111,132)(H,112,131)(H,113,134)(H,114,139)(H,115,133)(H,116,143)(H,117,135)(H,118,140)(H,119,137)(H,120,136)(H,121,138)(H,122,145)(H,123,144)(H,124,141)(H,125,142)(H4,103,104,108)(H4,105,106,109)/t56-,57+,68?,69?,70?,71?,72?,73?,74?,75?,76?,77?,78?,81?,82?/m0/s1. The monoisotopic (exact) mass is 2040 g/mol. The van der Waals surface area contributed by atoms with Gasteiger partial charge in [-0.25, -0.2) is 4.98 Å². The van der Waals surface area contributed by atoms with Crippen molar-refractivity contribution in [3.8, 4) is 11.5 Å². The average molecular weight is 2040 g/mol. The third kappa shape index (κ3) is 38.1. The second-order valence-corrected chi connectivity index (χ2v) is 37.6. The highest BCUT2D eigenvalue weighted by atomic mass is 32.2. The number of phenols is 2. The molecule has 8 rings (SSSR count). The van der Waals surface area contributed by atoms with E-state index in [9.17, 15) is 34.5 Å². The lowest BCUT2D eigenvalue weighted by Gasteiger charge is -2.31. The number of rotatable bonds is 34. The number of H-pyrrole nitrogens is 1. The number of aromatic amines is 1. The molecule has 33 N–H and O–H groups in total. The maximum Gasteiger partial charge on any atom is 0.245 e. The number of amides is 16. The first-order valence-corrected chi connectivity index (χ1v) is 49.6. The van der Waals surface area contributed by atoms with Crippen LogP contribution < -0.4 is 119 Å². The van der Waals surface area contributed by atoms with E-state index in [-0.39, 0.29) is 128 Å². The summed E-state index contributed by atoms with van der Waals surface area (Å²) >= 11 is 0.755. The minimum absolute atomic E-state index is 0.0179. The number of hydrogen-bond donors (Lipinski definition) is 28. The molecular weight excluding hydrogens is 1900 g/mol. The summed E-state index contributed by atoms with van der Waals surface area (Å²) in [5.74, 6) is -18.9. The number of carbonyl (C=O) groups excluding carboxylic acids is 16. The number of hydrogen-bond acceptors (Lipinski definition) is 25. The van der Waals surface area contributed by atoms with Gasteiger partial charge in [0.1, 0.15) is 95.6 Å². The summed E-state index contributed by atoms with van der Waals surface area (Å²) in [5.41, 5.74) is 29.9. The molecule has 790 valence electrons. The number of nitrogens with one attached hydrogen (secondary N) is 20. The molecule has 0 aliphatic carbocycles. The van der Waals surface area contributed by atoms with Crippen LogP contribution in [0.1, 0.15) is 139 Å². The molecule has 47 heteroatoms. The van der Waals surface area contributed by atoms with Crippen molar-refractivity contribution in [1.82, 2.24) is 105 Å². The number of imidazole rings is 1. The van der Waals surface area contributed by atoms with Crippen molar-refractivity contribution in [3.63, 3.8) is 0 Å². The minimum Gasteiger partial charge on any atom is -0.508 e. The Kier molecular flexibility index (Phi) is 46.5. The number of aliphatic hydroxyl groups excluding tert-OH is 1. The Bertz CT molecular complexity index is 5600. The van der Waals surface area contributed by atoms with Gasteiger partial charge in [0, 0.05) is 93.4 Å². The first-order chi connectivity index (χ1) is 69.6. The predicted molar refractivity (Wildman–Crippen MR) is 545 cm³/mol. The molecule has 46 nitrogen and oxygen atoms in total. The molecule has 16 amide bonds. The fraction of sp³-hybridized carbons (Fsp3) is 0.465. The number of aryl methyl sites for hydroxylation is 1. The number of aliphatic hydroxyl groups is 1. The number of phenolic OH excluding ortho intramolecular Hbond substituents is 2. The topological polar surface area (TPSA) is 750 Å². The maximum atomic E-state index is 15.7. The summed E-state index contributed by atoms with van der Waals surface area (Å²) in [6.07, 6.45) is 1.29. The van der Waals surface area contributed by atoms with E-state index in [1.54, 1.807) is 112 Å². The van der Waals surface area contributed by atoms with Crippen LogP contribution in [0.15, 0.2) is 152 Å². The van der Waals surface area contributed by atoms with Gasteiger partial charge in [-0.15, -0.1) is 11.8 Å². The molecular formula is C99H139N27O19S. The number of nitrogens with two attached hydrogens (primary N) is 5. The molecule has 2 aromatic heterocycles. The van der Waals surface area contributed by atoms with Crippen LogP contribution in [-0.4, -0.2) is 271 Å². The number of guanidine groups is 2. The first kappa shape index (κ1) is 116. The number of primary amides is 1. The van der Waals surface area contributed by atoms with Crippen LogP contribution >= 0.6 is 11.8 Å². The lowest BCUT2D eigenvalue weighted by Crippen LogP contribution is -2.64. The number of benzene rings is 5. The number of carbonyl (C=O) groups is 16. The fourth-order valence-corrected chi connectivity index (χ4v) is 16.8. The van der Waals surface area contributed by atoms with Crippen LogP contribution in [0.3, 0.4) is 0 Å². The summed E-state index contributed by atoms with van der Waals surface area (Å²) in [5, 5.41) is 94.4. The third-order valence-electron chi connectivity index (χ3n) is 24.4. The zero-order valence-corrected chi connectivity index (χ0v) is 83.4. The summed E-state index contributed by atoms with van der Waals surface area (Å²) < 4.78 is 1.54. The normalized spacial score (nSPS) is 22.3. The molecule has 1 fully saturated rings. The molecule has 0 saturated carbocycles. The van der Waals surface area contributed by atoms with Crippen LogP contribution in [0.4, 0.5) is 0 Å². The second-order valence-electron chi connectivity index (χ2n) is 36.5. The summed E-state index contributed by atoms with van der Waals surface area (Å²) in [6.45, 7) is 6.53. The Morgan fingerprint density at radius 3 is 1.31 bits per heavy atom. The van der Waals surface area contributed by atoms with Gasteiger partial charge in [-0.05, 0) is 162 Å². The average Bonchev–Trinajstić information content (AvgIpc) is 1.64. The van der Waals surface area contributed by atoms with Crippen molar-refractivity contribution in [2.24, 2.45) is 41.6 Å². The molecule has 0 radical (unpaired) electrons. The van der Waals surface area contributed by atoms with Crippen molar-refractivity contribution in [3.05, 3.63) is 186 Å². The van der Waals surface area contributed by atoms with Gasteiger partial charge in [-0.1, -0.05) is 123 Å². The molecule has 3 heterocycles. The van der Waals surface area contributed by atoms with Gasteiger partial charge >= 0.3 is 0 Å². The first-order valence-electron chi connectivity index (χ1n) is 48.4. The summed E-state index contributed by atoms with van der Waals surface area (Å²) in [7, 11) is 1.60. The Labute approximate surface area is 849 Å². The number of aromatic hydroxyl groups is 2. The van der Waals surface area contributed by atoms with Crippen molar-refractivity contribution in [2.45, 2.75) is 234 Å². The minimum atomic E-state index is -2.01. The van der Waals surface area contributed by atoms with Gasteiger partial charge in [0.25, 0.3) is 0 Å². The van der Waals surface area contributed by atoms with Crippen molar-refractivity contribution in [2.75, 3.05) is 44.2 Å². The number of fused-ring (bicyclic) bond motifs is 1. The highest BCUT2D eigenvalue weighted by Crippen LogP contribution is 2.24. The van der Waals surface area contributed by atoms with E-state index in [1.165, 1.54) is 86.4 Å². The largest absolute Gasteiger partial charge is 0.508 e. The zero-order valence-electron chi connectivity index (χ0n) is 82.6. The third-order valence-corrected chi connectivity index (χ3v) is 25.4. The van der Waals surface area contributed by atoms with E-state index >= 15 is 57.5 Å². The van der Waals surface area contributed by atoms with Crippen LogP contribution in [0, 0.1) is 16.7 Å². The van der Waals surface area contributed by atoms with E-state index in [1.807, 2.05) is 0 Å². The van der Waals surface area contributed by atoms with Crippen LogP contribution in [-0.2, 0) is 122 Å². The van der Waals surface area contributed by atoms with Crippen molar-refractivity contribution >= 4 is 129 Å². The van der Waals surface area contributed by atoms with E-state index in [0.29, 0.717) is 57.3 Å². The number of para-hydroxylation sites is 1. The molecule has 1 aliphatic heterocycles. The molecule has 1 saturated heterocycles. The van der Waals surface area contributed by atoms with Crippen LogP contribution in [0.25, 0.3) is 10.9 Å². The number of nitrogens with zero attached hydrogens (tertiary/aromatic N) is 2. The highest BCUT2D eigenvalue weighted by molar-refractivity contribution is 8.00.